The topological polar surface area (TPSA) is 77.2 Å². The number of halogens is 3. The van der Waals surface area contributed by atoms with Crippen LogP contribution in [0.4, 0.5) is 25.1 Å². The third-order valence-corrected chi connectivity index (χ3v) is 3.06. The van der Waals surface area contributed by atoms with E-state index in [2.05, 4.69) is 15.0 Å². The maximum Gasteiger partial charge on any atom is 0.393 e. The van der Waals surface area contributed by atoms with Gasteiger partial charge in [0.15, 0.2) is 0 Å². The molecule has 1 saturated heterocycles. The van der Waals surface area contributed by atoms with E-state index in [1.54, 1.807) is 6.92 Å². The summed E-state index contributed by atoms with van der Waals surface area (Å²) in [5, 5.41) is 0. The third kappa shape index (κ3) is 3.40. The Bertz CT molecular complexity index is 468. The van der Waals surface area contributed by atoms with Gasteiger partial charge in [-0.2, -0.15) is 28.1 Å². The molecule has 0 bridgehead atoms. The number of piperidine rings is 1. The van der Waals surface area contributed by atoms with Gasteiger partial charge in [0.2, 0.25) is 11.9 Å². The van der Waals surface area contributed by atoms with Gasteiger partial charge in [-0.3, -0.25) is 0 Å². The molecule has 0 radical (unpaired) electrons. The molecule has 1 aliphatic heterocycles. The lowest BCUT2D eigenvalue weighted by Gasteiger charge is -2.33. The van der Waals surface area contributed by atoms with Gasteiger partial charge in [-0.25, -0.2) is 0 Å². The molecular weight excluding hydrogens is 275 g/mol. The van der Waals surface area contributed by atoms with Gasteiger partial charge >= 0.3 is 12.2 Å². The van der Waals surface area contributed by atoms with Crippen molar-refractivity contribution in [2.24, 2.45) is 5.92 Å². The molecule has 20 heavy (non-hydrogen) atoms. The molecule has 1 aromatic rings. The van der Waals surface area contributed by atoms with Crippen molar-refractivity contribution < 1.29 is 17.9 Å². The molecule has 1 atom stereocenters. The Kier molecular flexibility index (Phi) is 4.15. The normalized spacial score (nSPS) is 20.0. The fraction of sp³-hybridized carbons (Fsp3) is 0.727. The second-order valence-electron chi connectivity index (χ2n) is 4.54. The predicted molar refractivity (Wildman–Crippen MR) is 66.4 cm³/mol. The van der Waals surface area contributed by atoms with Gasteiger partial charge in [0.05, 0.1) is 12.5 Å². The fourth-order valence-corrected chi connectivity index (χ4v) is 2.12. The summed E-state index contributed by atoms with van der Waals surface area (Å²) in [5.41, 5.74) is 5.53. The molecule has 1 aliphatic rings. The van der Waals surface area contributed by atoms with E-state index >= 15 is 0 Å². The van der Waals surface area contributed by atoms with E-state index in [9.17, 15) is 13.2 Å². The molecular formula is C11H16F3N5O. The Morgan fingerprint density at radius 3 is 2.75 bits per heavy atom. The summed E-state index contributed by atoms with van der Waals surface area (Å²) < 4.78 is 43.5. The molecule has 6 nitrogen and oxygen atoms in total. The number of nitrogen functional groups attached to an aromatic ring is 1. The smallest absolute Gasteiger partial charge is 0.393 e. The van der Waals surface area contributed by atoms with E-state index in [1.807, 2.05) is 0 Å². The van der Waals surface area contributed by atoms with Crippen LogP contribution < -0.4 is 15.4 Å². The molecule has 9 heteroatoms. The summed E-state index contributed by atoms with van der Waals surface area (Å²) in [7, 11) is 0. The lowest BCUT2D eigenvalue weighted by molar-refractivity contribution is -0.176. The maximum atomic E-state index is 12.8. The molecule has 1 fully saturated rings. The summed E-state index contributed by atoms with van der Waals surface area (Å²) >= 11 is 0. The Morgan fingerprint density at radius 1 is 1.35 bits per heavy atom. The fourth-order valence-electron chi connectivity index (χ4n) is 2.12. The minimum atomic E-state index is -4.21. The van der Waals surface area contributed by atoms with Crippen molar-refractivity contribution in [3.8, 4) is 6.01 Å². The van der Waals surface area contributed by atoms with Crippen molar-refractivity contribution in [1.82, 2.24) is 15.0 Å². The second kappa shape index (κ2) is 5.68. The first-order valence-electron chi connectivity index (χ1n) is 6.36. The second-order valence-corrected chi connectivity index (χ2v) is 4.54. The zero-order chi connectivity index (χ0) is 14.8. The average molecular weight is 291 g/mol. The zero-order valence-electron chi connectivity index (χ0n) is 11.0. The Hall–Kier alpha value is -1.80. The molecule has 0 amide bonds. The monoisotopic (exact) mass is 291 g/mol. The van der Waals surface area contributed by atoms with E-state index < -0.39 is 12.1 Å². The van der Waals surface area contributed by atoms with Crippen LogP contribution in [0.1, 0.15) is 19.8 Å². The molecule has 112 valence electrons. The van der Waals surface area contributed by atoms with Crippen LogP contribution in [0.15, 0.2) is 0 Å². The van der Waals surface area contributed by atoms with Gasteiger partial charge in [0.25, 0.3) is 0 Å². The quantitative estimate of drug-likeness (QED) is 0.912. The summed E-state index contributed by atoms with van der Waals surface area (Å²) in [4.78, 5) is 13.1. The lowest BCUT2D eigenvalue weighted by Crippen LogP contribution is -2.42. The minimum absolute atomic E-state index is 0.0316. The molecule has 1 aromatic heterocycles. The van der Waals surface area contributed by atoms with Gasteiger partial charge in [0, 0.05) is 13.1 Å². The highest BCUT2D eigenvalue weighted by molar-refractivity contribution is 5.36. The Morgan fingerprint density at radius 2 is 2.10 bits per heavy atom. The zero-order valence-corrected chi connectivity index (χ0v) is 11.0. The molecule has 2 rings (SSSR count). The molecule has 0 saturated carbocycles. The van der Waals surface area contributed by atoms with Crippen molar-refractivity contribution in [3.63, 3.8) is 0 Å². The van der Waals surface area contributed by atoms with Crippen LogP contribution in [0.5, 0.6) is 6.01 Å². The maximum absolute atomic E-state index is 12.8. The number of nitrogens with zero attached hydrogens (tertiary/aromatic N) is 4. The van der Waals surface area contributed by atoms with Gasteiger partial charge in [0.1, 0.15) is 0 Å². The van der Waals surface area contributed by atoms with E-state index in [-0.39, 0.29) is 30.9 Å². The number of alkyl halides is 3. The number of anilines is 2. The van der Waals surface area contributed by atoms with Crippen molar-refractivity contribution >= 4 is 11.9 Å². The summed E-state index contributed by atoms with van der Waals surface area (Å²) in [5.74, 6) is -1.30. The molecule has 0 aliphatic carbocycles. The van der Waals surface area contributed by atoms with Crippen LogP contribution in [0.25, 0.3) is 0 Å². The van der Waals surface area contributed by atoms with Crippen molar-refractivity contribution in [2.75, 3.05) is 30.3 Å². The summed E-state index contributed by atoms with van der Waals surface area (Å²) in [6.07, 6.45) is -3.65. The average Bonchev–Trinajstić information content (AvgIpc) is 2.37. The first-order valence-corrected chi connectivity index (χ1v) is 6.36. The van der Waals surface area contributed by atoms with Crippen LogP contribution in [0.2, 0.25) is 0 Å². The first kappa shape index (κ1) is 14.6. The Balaban J connectivity index is 2.18. The predicted octanol–water partition coefficient (Wildman–Crippen LogP) is 1.63. The van der Waals surface area contributed by atoms with Gasteiger partial charge in [-0.1, -0.05) is 0 Å². The SMILES string of the molecule is CCOc1nc(N)nc(N2CCCC(C(F)(F)F)C2)n1. The summed E-state index contributed by atoms with van der Waals surface area (Å²) in [6, 6.07) is 0.0316. The molecule has 1 unspecified atom stereocenters. The van der Waals surface area contributed by atoms with Crippen LogP contribution in [-0.4, -0.2) is 40.8 Å². The molecule has 0 spiro atoms. The number of hydrogen-bond acceptors (Lipinski definition) is 6. The van der Waals surface area contributed by atoms with E-state index in [0.29, 0.717) is 19.6 Å². The van der Waals surface area contributed by atoms with Crippen LogP contribution in [0, 0.1) is 5.92 Å². The highest BCUT2D eigenvalue weighted by atomic mass is 19.4. The Labute approximate surface area is 114 Å². The number of rotatable bonds is 3. The van der Waals surface area contributed by atoms with E-state index in [1.165, 1.54) is 4.90 Å². The van der Waals surface area contributed by atoms with E-state index in [0.717, 1.165) is 0 Å². The van der Waals surface area contributed by atoms with Crippen LogP contribution >= 0.6 is 0 Å². The van der Waals surface area contributed by atoms with Crippen LogP contribution in [-0.2, 0) is 0 Å². The molecule has 0 aromatic carbocycles. The van der Waals surface area contributed by atoms with Crippen molar-refractivity contribution in [3.05, 3.63) is 0 Å². The number of ether oxygens (including phenoxy) is 1. The van der Waals surface area contributed by atoms with Gasteiger partial charge < -0.3 is 15.4 Å². The lowest BCUT2D eigenvalue weighted by atomic mass is 9.98. The molecule has 2 heterocycles. The highest BCUT2D eigenvalue weighted by Gasteiger charge is 2.42. The largest absolute Gasteiger partial charge is 0.464 e. The van der Waals surface area contributed by atoms with E-state index in [4.69, 9.17) is 10.5 Å². The van der Waals surface area contributed by atoms with Crippen LogP contribution in [0.3, 0.4) is 0 Å². The van der Waals surface area contributed by atoms with Crippen molar-refractivity contribution in [2.45, 2.75) is 25.9 Å². The summed E-state index contributed by atoms with van der Waals surface area (Å²) in [6.45, 7) is 2.38. The molecule has 2 N–H and O–H groups in total. The minimum Gasteiger partial charge on any atom is -0.464 e. The number of aromatic nitrogens is 3. The number of nitrogens with two attached hydrogens (primary N) is 1. The standard InChI is InChI=1S/C11H16F3N5O/c1-2-20-10-17-8(15)16-9(18-10)19-5-3-4-7(6-19)11(12,13)14/h7H,2-6H2,1H3,(H2,15,16,17,18). The number of hydrogen-bond donors (Lipinski definition) is 1. The first-order chi connectivity index (χ1) is 9.40. The third-order valence-electron chi connectivity index (χ3n) is 3.06. The van der Waals surface area contributed by atoms with Gasteiger partial charge in [-0.05, 0) is 19.8 Å². The van der Waals surface area contributed by atoms with Gasteiger partial charge in [-0.15, -0.1) is 0 Å². The van der Waals surface area contributed by atoms with Crippen molar-refractivity contribution in [1.29, 1.82) is 0 Å². The highest BCUT2D eigenvalue weighted by Crippen LogP contribution is 2.34.